The number of benzene rings is 2. The van der Waals surface area contributed by atoms with E-state index in [0.717, 1.165) is 57.2 Å². The van der Waals surface area contributed by atoms with Gasteiger partial charge in [0.2, 0.25) is 0 Å². The smallest absolute Gasteiger partial charge is 0.310 e. The van der Waals surface area contributed by atoms with Gasteiger partial charge in [-0.1, -0.05) is 61.0 Å². The van der Waals surface area contributed by atoms with Crippen LogP contribution in [-0.4, -0.2) is 66.8 Å². The lowest BCUT2D eigenvalue weighted by Crippen LogP contribution is -2.52. The average molecular weight is 535 g/mol. The molecule has 2 aromatic carbocycles. The predicted molar refractivity (Wildman–Crippen MR) is 148 cm³/mol. The van der Waals surface area contributed by atoms with Gasteiger partial charge in [-0.3, -0.25) is 14.6 Å². The van der Waals surface area contributed by atoms with Crippen LogP contribution < -0.4 is 0 Å². The van der Waals surface area contributed by atoms with Crippen LogP contribution in [0.4, 0.5) is 0 Å². The van der Waals surface area contributed by atoms with Gasteiger partial charge >= 0.3 is 5.97 Å². The van der Waals surface area contributed by atoms with Gasteiger partial charge in [0.05, 0.1) is 24.2 Å². The first-order chi connectivity index (χ1) is 18.4. The summed E-state index contributed by atoms with van der Waals surface area (Å²) >= 11 is 6.21. The van der Waals surface area contributed by atoms with E-state index in [1.807, 2.05) is 12.1 Å². The number of nitrogens with zero attached hydrogens (tertiary/aromatic N) is 2. The van der Waals surface area contributed by atoms with Crippen molar-refractivity contribution in [2.75, 3.05) is 39.3 Å². The molecule has 5 fully saturated rings. The van der Waals surface area contributed by atoms with Crippen LogP contribution in [0.25, 0.3) is 0 Å². The second-order valence-corrected chi connectivity index (χ2v) is 13.2. The highest BCUT2D eigenvalue weighted by Crippen LogP contribution is 2.62. The first-order valence-electron chi connectivity index (χ1n) is 14.6. The zero-order valence-electron chi connectivity index (χ0n) is 22.4. The Hall–Kier alpha value is -1.92. The lowest BCUT2D eigenvalue weighted by atomic mass is 9.53. The highest BCUT2D eigenvalue weighted by Gasteiger charge is 2.65. The monoisotopic (exact) mass is 534 g/mol. The van der Waals surface area contributed by atoms with Crippen molar-refractivity contribution in [1.82, 2.24) is 9.80 Å². The molecule has 3 saturated heterocycles. The summed E-state index contributed by atoms with van der Waals surface area (Å²) in [5, 5.41) is 0.766. The molecule has 0 N–H and O–H groups in total. The third-order valence-electron chi connectivity index (χ3n) is 10.6. The van der Waals surface area contributed by atoms with Crippen LogP contribution >= 0.6 is 11.6 Å². The van der Waals surface area contributed by atoms with E-state index in [9.17, 15) is 4.79 Å². The Balaban J connectivity index is 1.04. The summed E-state index contributed by atoms with van der Waals surface area (Å²) in [4.78, 5) is 18.3. The van der Waals surface area contributed by atoms with E-state index in [1.54, 1.807) is 0 Å². The second kappa shape index (κ2) is 9.62. The van der Waals surface area contributed by atoms with E-state index in [4.69, 9.17) is 21.1 Å². The average Bonchev–Trinajstić information content (AvgIpc) is 3.63. The van der Waals surface area contributed by atoms with Gasteiger partial charge in [0, 0.05) is 43.7 Å². The minimum Gasteiger partial charge on any atom is -0.462 e. The molecule has 3 aliphatic heterocycles. The number of halogens is 1. The van der Waals surface area contributed by atoms with Gasteiger partial charge in [-0.25, -0.2) is 0 Å². The maximum Gasteiger partial charge on any atom is 0.310 e. The number of ether oxygens (including phenoxy) is 2. The Kier molecular flexibility index (Phi) is 6.35. The summed E-state index contributed by atoms with van der Waals surface area (Å²) in [5.74, 6) is 0.947. The van der Waals surface area contributed by atoms with Gasteiger partial charge in [-0.2, -0.15) is 0 Å². The standard InChI is InChI=1S/C32H39ClN2O3/c1-31-12-5-13-32(21-37-32)28(31)18-25-26(30(36)38-27(25)19-31)20-34-14-16-35(17-15-34)29(22-6-3-2-4-7-22)23-8-10-24(33)11-9-23/h2-4,6-11,25-29H,5,12-21H2,1H3/t25-,26+,27+,28+,29-,31+,32-/m0/s1. The number of rotatable bonds is 5. The zero-order valence-corrected chi connectivity index (χ0v) is 23.1. The molecule has 5 nitrogen and oxygen atoms in total. The van der Waals surface area contributed by atoms with Gasteiger partial charge < -0.3 is 9.47 Å². The molecule has 0 unspecified atom stereocenters. The van der Waals surface area contributed by atoms with Gasteiger partial charge in [-0.15, -0.1) is 0 Å². The summed E-state index contributed by atoms with van der Waals surface area (Å²) in [6.45, 7) is 8.04. The fourth-order valence-corrected chi connectivity index (χ4v) is 8.67. The van der Waals surface area contributed by atoms with Crippen LogP contribution in [0.2, 0.25) is 5.02 Å². The molecule has 38 heavy (non-hydrogen) atoms. The number of hydrogen-bond donors (Lipinski definition) is 0. The molecule has 3 heterocycles. The van der Waals surface area contributed by atoms with Gasteiger partial charge in [-0.05, 0) is 66.7 Å². The van der Waals surface area contributed by atoms with Crippen LogP contribution in [0.3, 0.4) is 0 Å². The Bertz CT molecular complexity index is 1160. The maximum absolute atomic E-state index is 13.2. The summed E-state index contributed by atoms with van der Waals surface area (Å²) in [6.07, 6.45) is 5.88. The van der Waals surface area contributed by atoms with E-state index in [0.29, 0.717) is 11.8 Å². The lowest BCUT2D eigenvalue weighted by Gasteiger charge is -2.51. The minimum absolute atomic E-state index is 0.00462. The molecule has 202 valence electrons. The molecule has 7 rings (SSSR count). The third-order valence-corrected chi connectivity index (χ3v) is 10.9. The van der Waals surface area contributed by atoms with E-state index in [1.165, 1.54) is 30.4 Å². The fraction of sp³-hybridized carbons (Fsp3) is 0.594. The fourth-order valence-electron chi connectivity index (χ4n) is 8.54. The summed E-state index contributed by atoms with van der Waals surface area (Å²) < 4.78 is 12.2. The molecular formula is C32H39ClN2O3. The first kappa shape index (κ1) is 25.1. The Labute approximate surface area is 231 Å². The van der Waals surface area contributed by atoms with Crippen molar-refractivity contribution in [3.63, 3.8) is 0 Å². The molecule has 5 aliphatic rings. The highest BCUT2D eigenvalue weighted by atomic mass is 35.5. The van der Waals surface area contributed by atoms with Crippen molar-refractivity contribution in [2.45, 2.75) is 56.8 Å². The topological polar surface area (TPSA) is 45.3 Å². The Morgan fingerprint density at radius 1 is 1.00 bits per heavy atom. The van der Waals surface area contributed by atoms with E-state index >= 15 is 0 Å². The molecule has 0 amide bonds. The number of carbonyl (C=O) groups excluding carboxylic acids is 1. The van der Waals surface area contributed by atoms with Gasteiger partial charge in [0.25, 0.3) is 0 Å². The van der Waals surface area contributed by atoms with Gasteiger partial charge in [0.15, 0.2) is 0 Å². The molecule has 0 bridgehead atoms. The molecule has 2 aliphatic carbocycles. The lowest BCUT2D eigenvalue weighted by molar-refractivity contribution is -0.147. The van der Waals surface area contributed by atoms with Crippen LogP contribution in [0.15, 0.2) is 54.6 Å². The third kappa shape index (κ3) is 4.40. The quantitative estimate of drug-likeness (QED) is 0.370. The van der Waals surface area contributed by atoms with Crippen molar-refractivity contribution < 1.29 is 14.3 Å². The van der Waals surface area contributed by atoms with E-state index < -0.39 is 0 Å². The maximum atomic E-state index is 13.2. The molecule has 7 atom stereocenters. The largest absolute Gasteiger partial charge is 0.462 e. The SMILES string of the molecule is C[C@]12CCC[C@]3(CO3)[C@@H]1C[C@@H]1[C@@H](C2)OC(=O)[C@@H]1CN1CCN([C@@H](c2ccccc2)c2ccc(Cl)cc2)CC1. The van der Waals surface area contributed by atoms with E-state index in [2.05, 4.69) is 59.2 Å². The number of epoxide rings is 1. The van der Waals surface area contributed by atoms with Crippen molar-refractivity contribution in [1.29, 1.82) is 0 Å². The number of fused-ring (bicyclic) bond motifs is 3. The molecule has 6 heteroatoms. The first-order valence-corrected chi connectivity index (χ1v) is 14.9. The predicted octanol–water partition coefficient (Wildman–Crippen LogP) is 5.57. The zero-order chi connectivity index (χ0) is 25.9. The number of hydrogen-bond acceptors (Lipinski definition) is 5. The van der Waals surface area contributed by atoms with Crippen LogP contribution in [-0.2, 0) is 14.3 Å². The van der Waals surface area contributed by atoms with Crippen molar-refractivity contribution in [3.05, 3.63) is 70.7 Å². The van der Waals surface area contributed by atoms with Crippen molar-refractivity contribution >= 4 is 17.6 Å². The van der Waals surface area contributed by atoms with Crippen LogP contribution in [0, 0.1) is 23.2 Å². The number of piperazine rings is 1. The summed E-state index contributed by atoms with van der Waals surface area (Å²) in [5.41, 5.74) is 2.93. The highest BCUT2D eigenvalue weighted by molar-refractivity contribution is 6.30. The minimum atomic E-state index is -0.00462. The number of esters is 1. The molecule has 2 saturated carbocycles. The molecule has 0 aromatic heterocycles. The van der Waals surface area contributed by atoms with Crippen molar-refractivity contribution in [2.24, 2.45) is 23.2 Å². The van der Waals surface area contributed by atoms with Crippen LogP contribution in [0.1, 0.15) is 56.2 Å². The molecule has 1 spiro atoms. The van der Waals surface area contributed by atoms with Crippen LogP contribution in [0.5, 0.6) is 0 Å². The van der Waals surface area contributed by atoms with Crippen molar-refractivity contribution in [3.8, 4) is 0 Å². The molecule has 0 radical (unpaired) electrons. The second-order valence-electron chi connectivity index (χ2n) is 12.8. The number of carbonyl (C=O) groups is 1. The molecule has 2 aromatic rings. The Morgan fingerprint density at radius 3 is 2.42 bits per heavy atom. The molecular weight excluding hydrogens is 496 g/mol. The summed E-state index contributed by atoms with van der Waals surface area (Å²) in [7, 11) is 0. The Morgan fingerprint density at radius 2 is 1.71 bits per heavy atom. The van der Waals surface area contributed by atoms with E-state index in [-0.39, 0.29) is 35.0 Å². The normalized spacial score (nSPS) is 37.9. The summed E-state index contributed by atoms with van der Waals surface area (Å²) in [6, 6.07) is 19.2. The van der Waals surface area contributed by atoms with Gasteiger partial charge in [0.1, 0.15) is 6.10 Å².